The number of methoxy groups -OCH3 is 1. The van der Waals surface area contributed by atoms with Crippen LogP contribution in [-0.4, -0.2) is 19.3 Å². The molecule has 1 aliphatic rings. The Morgan fingerprint density at radius 3 is 2.56 bits per heavy atom. The first-order valence-electron chi connectivity index (χ1n) is 6.35. The third kappa shape index (κ3) is 3.23. The lowest BCUT2D eigenvalue weighted by molar-refractivity contribution is 0.0682. The Morgan fingerprint density at radius 1 is 1.28 bits per heavy atom. The number of halogens is 2. The minimum atomic E-state index is -0.207. The second-order valence-corrected chi connectivity index (χ2v) is 5.79. The maximum absolute atomic E-state index is 13.3. The maximum Gasteiger partial charge on any atom is 0.137 e. The summed E-state index contributed by atoms with van der Waals surface area (Å²) in [6, 6.07) is 3.85. The van der Waals surface area contributed by atoms with E-state index >= 15 is 0 Å². The fraction of sp³-hybridized carbons (Fsp3) is 0.571. The Morgan fingerprint density at radius 2 is 1.94 bits per heavy atom. The lowest BCUT2D eigenvalue weighted by Gasteiger charge is -2.29. The molecule has 0 bridgehead atoms. The lowest BCUT2D eigenvalue weighted by atomic mass is 9.92. The molecule has 4 heteroatoms. The van der Waals surface area contributed by atoms with Crippen molar-refractivity contribution < 1.29 is 9.13 Å². The fourth-order valence-electron chi connectivity index (χ4n) is 2.46. The molecule has 0 saturated heterocycles. The van der Waals surface area contributed by atoms with E-state index in [4.69, 9.17) is 4.74 Å². The summed E-state index contributed by atoms with van der Waals surface area (Å²) in [5, 5.41) is 3.51. The second-order valence-electron chi connectivity index (χ2n) is 4.93. The van der Waals surface area contributed by atoms with Crippen LogP contribution < -0.4 is 5.32 Å². The zero-order valence-corrected chi connectivity index (χ0v) is 12.4. The Hall–Kier alpha value is -0.610. The molecule has 0 spiro atoms. The molecule has 2 nitrogen and oxygen atoms in total. The van der Waals surface area contributed by atoms with E-state index in [-0.39, 0.29) is 5.82 Å². The SMILES string of the molecule is COC1CCC(Nc2cc(Br)c(F)cc2C)CC1. The van der Waals surface area contributed by atoms with Crippen molar-refractivity contribution in [2.24, 2.45) is 0 Å². The van der Waals surface area contributed by atoms with Crippen molar-refractivity contribution in [2.45, 2.75) is 44.8 Å². The number of hydrogen-bond donors (Lipinski definition) is 1. The monoisotopic (exact) mass is 315 g/mol. The molecule has 0 atom stereocenters. The highest BCUT2D eigenvalue weighted by Crippen LogP contribution is 2.28. The minimum absolute atomic E-state index is 0.207. The van der Waals surface area contributed by atoms with E-state index in [2.05, 4.69) is 21.2 Å². The molecule has 0 aliphatic heterocycles. The van der Waals surface area contributed by atoms with Crippen LogP contribution in [0.5, 0.6) is 0 Å². The number of aryl methyl sites for hydroxylation is 1. The van der Waals surface area contributed by atoms with Crippen LogP contribution in [0.15, 0.2) is 16.6 Å². The fourth-order valence-corrected chi connectivity index (χ4v) is 2.81. The van der Waals surface area contributed by atoms with Crippen molar-refractivity contribution in [1.82, 2.24) is 0 Å². The highest BCUT2D eigenvalue weighted by molar-refractivity contribution is 9.10. The van der Waals surface area contributed by atoms with Crippen LogP contribution in [0.25, 0.3) is 0 Å². The highest BCUT2D eigenvalue weighted by Gasteiger charge is 2.21. The molecule has 2 rings (SSSR count). The summed E-state index contributed by atoms with van der Waals surface area (Å²) in [5.74, 6) is -0.207. The van der Waals surface area contributed by atoms with E-state index in [1.807, 2.05) is 13.0 Å². The summed E-state index contributed by atoms with van der Waals surface area (Å²) in [6.45, 7) is 1.93. The Balaban J connectivity index is 2.00. The summed E-state index contributed by atoms with van der Waals surface area (Å²) in [6.07, 6.45) is 4.80. The summed E-state index contributed by atoms with van der Waals surface area (Å²) < 4.78 is 19.2. The number of benzene rings is 1. The Labute approximate surface area is 116 Å². The van der Waals surface area contributed by atoms with Gasteiger partial charge in [-0.3, -0.25) is 0 Å². The molecule has 1 aromatic rings. The van der Waals surface area contributed by atoms with Gasteiger partial charge in [-0.2, -0.15) is 0 Å². The van der Waals surface area contributed by atoms with Gasteiger partial charge in [0, 0.05) is 18.8 Å². The van der Waals surface area contributed by atoms with Gasteiger partial charge in [0.15, 0.2) is 0 Å². The molecule has 1 fully saturated rings. The standard InChI is InChI=1S/C14H19BrFNO/c1-9-7-13(16)12(15)8-14(9)17-10-3-5-11(18-2)6-4-10/h7-8,10-11,17H,3-6H2,1-2H3. The van der Waals surface area contributed by atoms with Crippen LogP contribution in [0.3, 0.4) is 0 Å². The molecule has 1 saturated carbocycles. The van der Waals surface area contributed by atoms with Gasteiger partial charge in [0.05, 0.1) is 10.6 Å². The van der Waals surface area contributed by atoms with E-state index in [1.54, 1.807) is 13.2 Å². The van der Waals surface area contributed by atoms with Crippen LogP contribution >= 0.6 is 15.9 Å². The van der Waals surface area contributed by atoms with Crippen molar-refractivity contribution >= 4 is 21.6 Å². The Bertz CT molecular complexity index is 417. The molecular formula is C14H19BrFNO. The van der Waals surface area contributed by atoms with E-state index in [0.717, 1.165) is 36.9 Å². The molecule has 0 aromatic heterocycles. The molecule has 0 unspecified atom stereocenters. The van der Waals surface area contributed by atoms with Gasteiger partial charge in [0.2, 0.25) is 0 Å². The topological polar surface area (TPSA) is 21.3 Å². The van der Waals surface area contributed by atoms with Gasteiger partial charge >= 0.3 is 0 Å². The van der Waals surface area contributed by atoms with Crippen molar-refractivity contribution in [2.75, 3.05) is 12.4 Å². The van der Waals surface area contributed by atoms with Gasteiger partial charge in [-0.1, -0.05) is 0 Å². The smallest absolute Gasteiger partial charge is 0.137 e. The zero-order valence-electron chi connectivity index (χ0n) is 10.8. The van der Waals surface area contributed by atoms with Gasteiger partial charge in [0.25, 0.3) is 0 Å². The predicted octanol–water partition coefficient (Wildman–Crippen LogP) is 4.27. The number of hydrogen-bond acceptors (Lipinski definition) is 2. The average molecular weight is 316 g/mol. The molecule has 0 heterocycles. The van der Waals surface area contributed by atoms with E-state index in [0.29, 0.717) is 16.6 Å². The largest absolute Gasteiger partial charge is 0.382 e. The van der Waals surface area contributed by atoms with Crippen LogP contribution in [0.1, 0.15) is 31.2 Å². The molecule has 100 valence electrons. The molecule has 18 heavy (non-hydrogen) atoms. The quantitative estimate of drug-likeness (QED) is 0.899. The first kappa shape index (κ1) is 13.8. The Kier molecular flexibility index (Phi) is 4.62. The van der Waals surface area contributed by atoms with Gasteiger partial charge in [-0.15, -0.1) is 0 Å². The normalized spacial score (nSPS) is 24.0. The molecule has 0 radical (unpaired) electrons. The van der Waals surface area contributed by atoms with Crippen molar-refractivity contribution in [3.8, 4) is 0 Å². The summed E-state index contributed by atoms with van der Waals surface area (Å²) in [7, 11) is 1.78. The van der Waals surface area contributed by atoms with Crippen molar-refractivity contribution in [3.63, 3.8) is 0 Å². The van der Waals surface area contributed by atoms with Crippen molar-refractivity contribution in [3.05, 3.63) is 28.0 Å². The van der Waals surface area contributed by atoms with E-state index in [1.165, 1.54) is 0 Å². The molecule has 0 amide bonds. The third-order valence-corrected chi connectivity index (χ3v) is 4.24. The van der Waals surface area contributed by atoms with E-state index < -0.39 is 0 Å². The first-order valence-corrected chi connectivity index (χ1v) is 7.14. The maximum atomic E-state index is 13.3. The number of anilines is 1. The lowest BCUT2D eigenvalue weighted by Crippen LogP contribution is -2.29. The van der Waals surface area contributed by atoms with Crippen LogP contribution in [0, 0.1) is 12.7 Å². The average Bonchev–Trinajstić information content (AvgIpc) is 2.37. The van der Waals surface area contributed by atoms with Crippen molar-refractivity contribution in [1.29, 1.82) is 0 Å². The van der Waals surface area contributed by atoms with Crippen LogP contribution in [0.4, 0.5) is 10.1 Å². The molecular weight excluding hydrogens is 297 g/mol. The van der Waals surface area contributed by atoms with Crippen LogP contribution in [-0.2, 0) is 4.74 Å². The summed E-state index contributed by atoms with van der Waals surface area (Å²) in [4.78, 5) is 0. The summed E-state index contributed by atoms with van der Waals surface area (Å²) >= 11 is 3.23. The predicted molar refractivity (Wildman–Crippen MR) is 75.5 cm³/mol. The van der Waals surface area contributed by atoms with Gasteiger partial charge in [-0.05, 0) is 66.2 Å². The number of ether oxygens (including phenoxy) is 1. The van der Waals surface area contributed by atoms with Gasteiger partial charge in [0.1, 0.15) is 5.82 Å². The third-order valence-electron chi connectivity index (χ3n) is 3.63. The zero-order chi connectivity index (χ0) is 13.1. The summed E-state index contributed by atoms with van der Waals surface area (Å²) in [5.41, 5.74) is 1.97. The molecule has 1 N–H and O–H groups in total. The molecule has 1 aromatic carbocycles. The molecule has 1 aliphatic carbocycles. The van der Waals surface area contributed by atoms with E-state index in [9.17, 15) is 4.39 Å². The minimum Gasteiger partial charge on any atom is -0.382 e. The first-order chi connectivity index (χ1) is 8.60. The van der Waals surface area contributed by atoms with Crippen LogP contribution in [0.2, 0.25) is 0 Å². The number of nitrogens with one attached hydrogen (secondary N) is 1. The number of rotatable bonds is 3. The van der Waals surface area contributed by atoms with Gasteiger partial charge in [-0.25, -0.2) is 4.39 Å². The second kappa shape index (κ2) is 6.02. The van der Waals surface area contributed by atoms with Gasteiger partial charge < -0.3 is 10.1 Å². The highest BCUT2D eigenvalue weighted by atomic mass is 79.9.